The first-order chi connectivity index (χ1) is 10.5. The molecule has 0 aliphatic carbocycles. The van der Waals surface area contributed by atoms with Gasteiger partial charge in [0, 0.05) is 16.6 Å². The Bertz CT molecular complexity index is 599. The Kier molecular flexibility index (Phi) is 6.40. The second kappa shape index (κ2) is 8.30. The lowest BCUT2D eigenvalue weighted by Gasteiger charge is -2.15. The minimum Gasteiger partial charge on any atom is -0.491 e. The zero-order chi connectivity index (χ0) is 15.9. The summed E-state index contributed by atoms with van der Waals surface area (Å²) >= 11 is 3.50. The summed E-state index contributed by atoms with van der Waals surface area (Å²) in [6, 6.07) is 12.7. The third-order valence-corrected chi connectivity index (χ3v) is 3.70. The van der Waals surface area contributed by atoms with Crippen LogP contribution < -0.4 is 10.1 Å². The van der Waals surface area contributed by atoms with Gasteiger partial charge in [-0.05, 0) is 62.7 Å². The quantitative estimate of drug-likeness (QED) is 0.717. The lowest BCUT2D eigenvalue weighted by Crippen LogP contribution is -2.18. The Morgan fingerprint density at radius 1 is 1.14 bits per heavy atom. The Hall–Kier alpha value is -1.39. The van der Waals surface area contributed by atoms with Gasteiger partial charge in [-0.15, -0.1) is 0 Å². The molecule has 0 heterocycles. The molecule has 0 radical (unpaired) electrons. The van der Waals surface area contributed by atoms with Gasteiger partial charge in [0.05, 0.1) is 6.10 Å². The highest BCUT2D eigenvalue weighted by molar-refractivity contribution is 9.10. The van der Waals surface area contributed by atoms with Crippen LogP contribution in [0.1, 0.15) is 25.0 Å². The average molecular weight is 366 g/mol. The van der Waals surface area contributed by atoms with Crippen LogP contribution >= 0.6 is 15.9 Å². The fourth-order valence-electron chi connectivity index (χ4n) is 2.16. The molecule has 0 amide bonds. The molecule has 0 fully saturated rings. The van der Waals surface area contributed by atoms with Crippen LogP contribution in [-0.2, 0) is 13.0 Å². The number of ether oxygens (including phenoxy) is 1. The Balaban J connectivity index is 1.88. The van der Waals surface area contributed by atoms with Crippen LogP contribution in [0.2, 0.25) is 0 Å². The molecule has 0 aliphatic rings. The van der Waals surface area contributed by atoms with Gasteiger partial charge in [0.2, 0.25) is 0 Å². The number of nitrogens with one attached hydrogen (secondary N) is 1. The largest absolute Gasteiger partial charge is 0.491 e. The van der Waals surface area contributed by atoms with E-state index in [1.165, 1.54) is 12.1 Å². The van der Waals surface area contributed by atoms with Crippen molar-refractivity contribution in [3.05, 3.63) is 63.9 Å². The summed E-state index contributed by atoms with van der Waals surface area (Å²) in [5, 5.41) is 3.41. The normalized spacial score (nSPS) is 11.0. The van der Waals surface area contributed by atoms with Crippen molar-refractivity contribution in [2.24, 2.45) is 0 Å². The maximum Gasteiger partial charge on any atom is 0.124 e. The van der Waals surface area contributed by atoms with Gasteiger partial charge in [-0.1, -0.05) is 28.1 Å². The average Bonchev–Trinajstić information content (AvgIpc) is 2.47. The summed E-state index contributed by atoms with van der Waals surface area (Å²) in [4.78, 5) is 0. The molecule has 0 bridgehead atoms. The molecular weight excluding hydrogens is 345 g/mol. The monoisotopic (exact) mass is 365 g/mol. The van der Waals surface area contributed by atoms with Gasteiger partial charge in [-0.2, -0.15) is 0 Å². The van der Waals surface area contributed by atoms with Crippen LogP contribution in [0.5, 0.6) is 5.75 Å². The summed E-state index contributed by atoms with van der Waals surface area (Å²) in [5.41, 5.74) is 2.25. The van der Waals surface area contributed by atoms with E-state index in [0.29, 0.717) is 0 Å². The molecule has 2 nitrogen and oxygen atoms in total. The van der Waals surface area contributed by atoms with E-state index >= 15 is 0 Å². The maximum atomic E-state index is 12.8. The molecule has 118 valence electrons. The molecule has 0 saturated carbocycles. The molecule has 2 aromatic rings. The van der Waals surface area contributed by atoms with E-state index in [1.54, 1.807) is 0 Å². The highest BCUT2D eigenvalue weighted by Crippen LogP contribution is 2.24. The van der Waals surface area contributed by atoms with E-state index in [2.05, 4.69) is 27.3 Å². The number of benzene rings is 2. The second-order valence-electron chi connectivity index (χ2n) is 5.47. The molecule has 22 heavy (non-hydrogen) atoms. The van der Waals surface area contributed by atoms with Crippen molar-refractivity contribution in [2.45, 2.75) is 32.9 Å². The van der Waals surface area contributed by atoms with E-state index in [-0.39, 0.29) is 11.9 Å². The molecule has 0 aromatic heterocycles. The van der Waals surface area contributed by atoms with Crippen molar-refractivity contribution in [2.75, 3.05) is 6.54 Å². The number of hydrogen-bond donors (Lipinski definition) is 1. The van der Waals surface area contributed by atoms with E-state index < -0.39 is 0 Å². The van der Waals surface area contributed by atoms with Gasteiger partial charge < -0.3 is 10.1 Å². The molecule has 4 heteroatoms. The van der Waals surface area contributed by atoms with Crippen molar-refractivity contribution in [1.29, 1.82) is 0 Å². The predicted octanol–water partition coefficient (Wildman–Crippen LogP) is 4.71. The van der Waals surface area contributed by atoms with Crippen LogP contribution in [0.25, 0.3) is 0 Å². The van der Waals surface area contributed by atoms with E-state index in [9.17, 15) is 4.39 Å². The lowest BCUT2D eigenvalue weighted by molar-refractivity contribution is 0.239. The van der Waals surface area contributed by atoms with Gasteiger partial charge in [0.25, 0.3) is 0 Å². The van der Waals surface area contributed by atoms with Gasteiger partial charge in [-0.25, -0.2) is 4.39 Å². The summed E-state index contributed by atoms with van der Waals surface area (Å²) in [6.45, 7) is 5.61. The summed E-state index contributed by atoms with van der Waals surface area (Å²) in [5.74, 6) is 0.716. The van der Waals surface area contributed by atoms with Crippen LogP contribution in [0.4, 0.5) is 4.39 Å². The molecule has 2 aromatic carbocycles. The van der Waals surface area contributed by atoms with Crippen LogP contribution in [0.3, 0.4) is 0 Å². The van der Waals surface area contributed by atoms with Crippen molar-refractivity contribution < 1.29 is 9.13 Å². The Morgan fingerprint density at radius 2 is 1.86 bits per heavy atom. The topological polar surface area (TPSA) is 21.3 Å². The van der Waals surface area contributed by atoms with Gasteiger partial charge >= 0.3 is 0 Å². The Labute approximate surface area is 139 Å². The minimum atomic E-state index is -0.193. The molecule has 1 N–H and O–H groups in total. The first-order valence-corrected chi connectivity index (χ1v) is 8.24. The summed E-state index contributed by atoms with van der Waals surface area (Å²) < 4.78 is 19.7. The zero-order valence-corrected chi connectivity index (χ0v) is 14.5. The fourth-order valence-corrected chi connectivity index (χ4v) is 2.57. The number of hydrogen-bond acceptors (Lipinski definition) is 2. The third kappa shape index (κ3) is 5.43. The minimum absolute atomic E-state index is 0.152. The molecule has 2 rings (SSSR count). The van der Waals surface area contributed by atoms with E-state index in [4.69, 9.17) is 4.74 Å². The second-order valence-corrected chi connectivity index (χ2v) is 6.39. The van der Waals surface area contributed by atoms with Crippen LogP contribution in [0, 0.1) is 5.82 Å². The molecular formula is C18H21BrFNO. The Morgan fingerprint density at radius 3 is 2.55 bits per heavy atom. The van der Waals surface area contributed by atoms with Crippen molar-refractivity contribution in [3.8, 4) is 5.75 Å². The first-order valence-electron chi connectivity index (χ1n) is 7.45. The molecule has 0 atom stereocenters. The van der Waals surface area contributed by atoms with E-state index in [1.807, 2.05) is 38.1 Å². The third-order valence-electron chi connectivity index (χ3n) is 3.20. The predicted molar refractivity (Wildman–Crippen MR) is 91.7 cm³/mol. The summed E-state index contributed by atoms with van der Waals surface area (Å²) in [6.07, 6.45) is 1.02. The van der Waals surface area contributed by atoms with Crippen molar-refractivity contribution in [1.82, 2.24) is 5.32 Å². The summed E-state index contributed by atoms with van der Waals surface area (Å²) in [7, 11) is 0. The van der Waals surface area contributed by atoms with Crippen LogP contribution in [-0.4, -0.2) is 12.6 Å². The molecule has 0 spiro atoms. The maximum absolute atomic E-state index is 12.8. The van der Waals surface area contributed by atoms with Gasteiger partial charge in [0.15, 0.2) is 0 Å². The smallest absolute Gasteiger partial charge is 0.124 e. The molecule has 0 unspecified atom stereocenters. The lowest BCUT2D eigenvalue weighted by atomic mass is 10.1. The zero-order valence-electron chi connectivity index (χ0n) is 12.9. The van der Waals surface area contributed by atoms with Crippen molar-refractivity contribution >= 4 is 15.9 Å². The number of rotatable bonds is 7. The number of halogens is 2. The highest BCUT2D eigenvalue weighted by Gasteiger charge is 2.06. The standard InChI is InChI=1S/C18H21BrFNO/c1-13(2)22-18-8-5-16(19)11-15(18)12-21-10-9-14-3-6-17(20)7-4-14/h3-8,11,13,21H,9-10,12H2,1-2H3. The van der Waals surface area contributed by atoms with Crippen molar-refractivity contribution in [3.63, 3.8) is 0 Å². The highest BCUT2D eigenvalue weighted by atomic mass is 79.9. The SMILES string of the molecule is CC(C)Oc1ccc(Br)cc1CNCCc1ccc(F)cc1. The first kappa shape index (κ1) is 17.0. The molecule has 0 aliphatic heterocycles. The van der Waals surface area contributed by atoms with Gasteiger partial charge in [0.1, 0.15) is 11.6 Å². The van der Waals surface area contributed by atoms with Crippen LogP contribution in [0.15, 0.2) is 46.9 Å². The fraction of sp³-hybridized carbons (Fsp3) is 0.333. The van der Waals surface area contributed by atoms with Gasteiger partial charge in [-0.3, -0.25) is 0 Å². The van der Waals surface area contributed by atoms with E-state index in [0.717, 1.165) is 40.9 Å². The molecule has 0 saturated heterocycles.